The number of hydrogen-bond donors (Lipinski definition) is 1. The molecule has 1 aromatic carbocycles. The third kappa shape index (κ3) is 3.64. The molecule has 0 aliphatic carbocycles. The molecule has 0 atom stereocenters. The molecule has 1 aromatic rings. The molecule has 1 N–H and O–H groups in total. The summed E-state index contributed by atoms with van der Waals surface area (Å²) in [5.41, 5.74) is 1.65. The van der Waals surface area contributed by atoms with Crippen molar-refractivity contribution in [2.24, 2.45) is 5.41 Å². The first-order valence-electron chi connectivity index (χ1n) is 7.03. The van der Waals surface area contributed by atoms with Crippen molar-refractivity contribution in [3.63, 3.8) is 0 Å². The predicted molar refractivity (Wildman–Crippen MR) is 78.6 cm³/mol. The monoisotopic (exact) mass is 260 g/mol. The van der Waals surface area contributed by atoms with Crippen LogP contribution in [0, 0.1) is 12.3 Å². The molecule has 0 saturated carbocycles. The van der Waals surface area contributed by atoms with Gasteiger partial charge < -0.3 is 5.32 Å². The molecular weight excluding hydrogens is 236 g/mol. The van der Waals surface area contributed by atoms with Crippen LogP contribution in [0.25, 0.3) is 0 Å². The van der Waals surface area contributed by atoms with Gasteiger partial charge in [0.2, 0.25) is 0 Å². The van der Waals surface area contributed by atoms with Gasteiger partial charge in [0.05, 0.1) is 0 Å². The number of ketones is 1. The van der Waals surface area contributed by atoms with Crippen LogP contribution in [0.1, 0.15) is 29.8 Å². The Bertz CT molecular complexity index is 448. The molecule has 1 saturated heterocycles. The fourth-order valence-corrected chi connectivity index (χ4v) is 2.68. The summed E-state index contributed by atoms with van der Waals surface area (Å²) in [6.45, 7) is 11.1. The summed E-state index contributed by atoms with van der Waals surface area (Å²) >= 11 is 0. The van der Waals surface area contributed by atoms with Gasteiger partial charge in [0.15, 0.2) is 5.78 Å². The van der Waals surface area contributed by atoms with Crippen molar-refractivity contribution in [1.82, 2.24) is 10.2 Å². The lowest BCUT2D eigenvalue weighted by atomic mass is 9.83. The quantitative estimate of drug-likeness (QED) is 0.842. The third-order valence-corrected chi connectivity index (χ3v) is 3.72. The van der Waals surface area contributed by atoms with Gasteiger partial charge in [0, 0.05) is 43.7 Å². The van der Waals surface area contributed by atoms with E-state index in [-0.39, 0.29) is 11.2 Å². The van der Waals surface area contributed by atoms with Crippen LogP contribution in [-0.4, -0.2) is 43.4 Å². The Morgan fingerprint density at radius 2 is 2.00 bits per heavy atom. The van der Waals surface area contributed by atoms with Gasteiger partial charge in [-0.05, 0) is 13.0 Å². The predicted octanol–water partition coefficient (Wildman–Crippen LogP) is 2.11. The van der Waals surface area contributed by atoms with E-state index < -0.39 is 0 Å². The van der Waals surface area contributed by atoms with Crippen molar-refractivity contribution in [2.45, 2.75) is 20.8 Å². The fraction of sp³-hybridized carbons (Fsp3) is 0.562. The van der Waals surface area contributed by atoms with Gasteiger partial charge >= 0.3 is 0 Å². The summed E-state index contributed by atoms with van der Waals surface area (Å²) in [6.07, 6.45) is 0. The van der Waals surface area contributed by atoms with E-state index in [0.717, 1.165) is 43.9 Å². The molecule has 2 rings (SSSR count). The Kier molecular flexibility index (Phi) is 4.38. The first-order valence-corrected chi connectivity index (χ1v) is 7.03. The van der Waals surface area contributed by atoms with Crippen LogP contribution in [0.4, 0.5) is 0 Å². The molecule has 0 unspecified atom stereocenters. The first kappa shape index (κ1) is 14.2. The highest BCUT2D eigenvalue weighted by molar-refractivity contribution is 6.00. The Hall–Kier alpha value is -1.19. The van der Waals surface area contributed by atoms with Crippen LogP contribution in [-0.2, 0) is 0 Å². The summed E-state index contributed by atoms with van der Waals surface area (Å²) < 4.78 is 0. The maximum atomic E-state index is 12.7. The SMILES string of the molecule is Cc1cccc(C(=O)C(C)(C)CN2CCNCC2)c1. The Morgan fingerprint density at radius 3 is 2.63 bits per heavy atom. The van der Waals surface area contributed by atoms with E-state index in [2.05, 4.69) is 24.1 Å². The highest BCUT2D eigenvalue weighted by atomic mass is 16.1. The number of Topliss-reactive ketones (excluding diaryl/α,β-unsaturated/α-hetero) is 1. The minimum atomic E-state index is -0.328. The van der Waals surface area contributed by atoms with Gasteiger partial charge in [-0.1, -0.05) is 37.6 Å². The molecule has 1 fully saturated rings. The van der Waals surface area contributed by atoms with Crippen molar-refractivity contribution < 1.29 is 4.79 Å². The van der Waals surface area contributed by atoms with Crippen molar-refractivity contribution in [3.8, 4) is 0 Å². The maximum Gasteiger partial charge on any atom is 0.169 e. The van der Waals surface area contributed by atoms with E-state index in [1.165, 1.54) is 0 Å². The van der Waals surface area contributed by atoms with Crippen LogP contribution in [0.3, 0.4) is 0 Å². The van der Waals surface area contributed by atoms with Gasteiger partial charge in [0.1, 0.15) is 0 Å². The zero-order valence-corrected chi connectivity index (χ0v) is 12.2. The minimum Gasteiger partial charge on any atom is -0.314 e. The lowest BCUT2D eigenvalue weighted by molar-refractivity contribution is 0.0751. The van der Waals surface area contributed by atoms with Gasteiger partial charge in [-0.2, -0.15) is 0 Å². The second-order valence-electron chi connectivity index (χ2n) is 6.11. The molecule has 1 aliphatic rings. The zero-order chi connectivity index (χ0) is 13.9. The summed E-state index contributed by atoms with van der Waals surface area (Å²) in [4.78, 5) is 15.0. The fourth-order valence-electron chi connectivity index (χ4n) is 2.68. The molecule has 0 amide bonds. The second-order valence-corrected chi connectivity index (χ2v) is 6.11. The van der Waals surface area contributed by atoms with Gasteiger partial charge in [-0.15, -0.1) is 0 Å². The molecule has 0 radical (unpaired) electrons. The molecule has 0 spiro atoms. The van der Waals surface area contributed by atoms with Crippen molar-refractivity contribution in [1.29, 1.82) is 0 Å². The zero-order valence-electron chi connectivity index (χ0n) is 12.2. The lowest BCUT2D eigenvalue weighted by Gasteiger charge is -2.34. The van der Waals surface area contributed by atoms with Crippen LogP contribution in [0.15, 0.2) is 24.3 Å². The molecule has 104 valence electrons. The van der Waals surface area contributed by atoms with Crippen molar-refractivity contribution in [3.05, 3.63) is 35.4 Å². The van der Waals surface area contributed by atoms with Gasteiger partial charge in [-0.25, -0.2) is 0 Å². The van der Waals surface area contributed by atoms with Gasteiger partial charge in [0.25, 0.3) is 0 Å². The molecule has 3 heteroatoms. The van der Waals surface area contributed by atoms with Crippen LogP contribution in [0.2, 0.25) is 0 Å². The molecule has 0 bridgehead atoms. The summed E-state index contributed by atoms with van der Waals surface area (Å²) in [7, 11) is 0. The number of carbonyl (C=O) groups excluding carboxylic acids is 1. The number of nitrogens with zero attached hydrogens (tertiary/aromatic N) is 1. The second kappa shape index (κ2) is 5.85. The van der Waals surface area contributed by atoms with E-state index in [4.69, 9.17) is 0 Å². The highest BCUT2D eigenvalue weighted by Crippen LogP contribution is 2.24. The van der Waals surface area contributed by atoms with Crippen molar-refractivity contribution >= 4 is 5.78 Å². The third-order valence-electron chi connectivity index (χ3n) is 3.72. The number of benzene rings is 1. The number of nitrogens with one attached hydrogen (secondary N) is 1. The summed E-state index contributed by atoms with van der Waals surface area (Å²) in [5, 5.41) is 3.34. The topological polar surface area (TPSA) is 32.3 Å². The molecule has 3 nitrogen and oxygen atoms in total. The highest BCUT2D eigenvalue weighted by Gasteiger charge is 2.31. The first-order chi connectivity index (χ1) is 8.99. The largest absolute Gasteiger partial charge is 0.314 e. The van der Waals surface area contributed by atoms with E-state index in [0.29, 0.717) is 0 Å². The number of aryl methyl sites for hydroxylation is 1. The Morgan fingerprint density at radius 1 is 1.32 bits per heavy atom. The number of hydrogen-bond acceptors (Lipinski definition) is 3. The van der Waals surface area contributed by atoms with E-state index in [9.17, 15) is 4.79 Å². The van der Waals surface area contributed by atoms with Gasteiger partial charge in [-0.3, -0.25) is 9.69 Å². The maximum absolute atomic E-state index is 12.7. The average Bonchev–Trinajstić information content (AvgIpc) is 2.38. The molecule has 19 heavy (non-hydrogen) atoms. The molecule has 0 aromatic heterocycles. The van der Waals surface area contributed by atoms with Crippen LogP contribution >= 0.6 is 0 Å². The standard InChI is InChI=1S/C16H24N2O/c1-13-5-4-6-14(11-13)15(19)16(2,3)12-18-9-7-17-8-10-18/h4-6,11,17H,7-10,12H2,1-3H3. The van der Waals surface area contributed by atoms with Crippen molar-refractivity contribution in [2.75, 3.05) is 32.7 Å². The number of carbonyl (C=O) groups is 1. The van der Waals surface area contributed by atoms with E-state index in [1.807, 2.05) is 31.2 Å². The number of rotatable bonds is 4. The normalized spacial score (nSPS) is 17.4. The minimum absolute atomic E-state index is 0.245. The summed E-state index contributed by atoms with van der Waals surface area (Å²) in [6, 6.07) is 7.90. The van der Waals surface area contributed by atoms with E-state index in [1.54, 1.807) is 0 Å². The average molecular weight is 260 g/mol. The Balaban J connectivity index is 2.07. The van der Waals surface area contributed by atoms with Crippen LogP contribution in [0.5, 0.6) is 0 Å². The van der Waals surface area contributed by atoms with Crippen LogP contribution < -0.4 is 5.32 Å². The molecule has 1 heterocycles. The summed E-state index contributed by atoms with van der Waals surface area (Å²) in [5.74, 6) is 0.245. The Labute approximate surface area is 116 Å². The lowest BCUT2D eigenvalue weighted by Crippen LogP contribution is -2.48. The molecular formula is C16H24N2O. The number of piperazine rings is 1. The van der Waals surface area contributed by atoms with E-state index >= 15 is 0 Å². The molecule has 1 aliphatic heterocycles. The smallest absolute Gasteiger partial charge is 0.169 e.